The molecule has 0 aromatic heterocycles. The van der Waals surface area contributed by atoms with Gasteiger partial charge >= 0.3 is 0 Å². The highest BCUT2D eigenvalue weighted by atomic mass is 35.5. The highest BCUT2D eigenvalue weighted by Gasteiger charge is 2.30. The fraction of sp³-hybridized carbons (Fsp3) is 0.533. The second-order valence-corrected chi connectivity index (χ2v) is 5.72. The van der Waals surface area contributed by atoms with Crippen molar-refractivity contribution in [3.63, 3.8) is 0 Å². The molecule has 7 heteroatoms. The van der Waals surface area contributed by atoms with Crippen LogP contribution < -0.4 is 10.2 Å². The third-order valence-electron chi connectivity index (χ3n) is 4.43. The van der Waals surface area contributed by atoms with E-state index in [2.05, 4.69) is 5.32 Å². The van der Waals surface area contributed by atoms with Crippen molar-refractivity contribution in [2.45, 2.75) is 25.7 Å². The van der Waals surface area contributed by atoms with Crippen molar-refractivity contribution in [2.24, 2.45) is 5.92 Å². The zero-order valence-electron chi connectivity index (χ0n) is 12.3. The maximum absolute atomic E-state index is 12.4. The molecule has 120 valence electrons. The van der Waals surface area contributed by atoms with Crippen LogP contribution in [0.3, 0.4) is 0 Å². The number of nitrogens with zero attached hydrogens (tertiary/aromatic N) is 2. The number of nitrogens with one attached hydrogen (secondary N) is 1. The van der Waals surface area contributed by atoms with Crippen molar-refractivity contribution in [3.05, 3.63) is 33.9 Å². The molecule has 1 amide bonds. The van der Waals surface area contributed by atoms with Crippen molar-refractivity contribution >= 4 is 29.7 Å². The quantitative estimate of drug-likeness (QED) is 0.680. The third kappa shape index (κ3) is 3.23. The van der Waals surface area contributed by atoms with Crippen molar-refractivity contribution in [2.75, 3.05) is 24.5 Å². The van der Waals surface area contributed by atoms with Crippen LogP contribution in [0.25, 0.3) is 0 Å². The molecule has 22 heavy (non-hydrogen) atoms. The SMILES string of the molecule is Cl.O=C(CCC1CCNC1)N1CCc2c1cccc2[N+](=O)[O-]. The van der Waals surface area contributed by atoms with E-state index in [4.69, 9.17) is 0 Å². The molecular weight excluding hydrogens is 306 g/mol. The Morgan fingerprint density at radius 2 is 2.27 bits per heavy atom. The first kappa shape index (κ1) is 16.7. The molecule has 1 saturated heterocycles. The molecule has 0 bridgehead atoms. The van der Waals surface area contributed by atoms with E-state index in [0.717, 1.165) is 31.6 Å². The Morgan fingerprint density at radius 3 is 2.95 bits per heavy atom. The number of fused-ring (bicyclic) bond motifs is 1. The van der Waals surface area contributed by atoms with Crippen LogP contribution in [-0.4, -0.2) is 30.5 Å². The molecule has 1 atom stereocenters. The van der Waals surface area contributed by atoms with Gasteiger partial charge in [0.15, 0.2) is 0 Å². The van der Waals surface area contributed by atoms with Crippen LogP contribution in [0.5, 0.6) is 0 Å². The van der Waals surface area contributed by atoms with Gasteiger partial charge in [-0.2, -0.15) is 0 Å². The van der Waals surface area contributed by atoms with Gasteiger partial charge in [0.05, 0.1) is 16.2 Å². The summed E-state index contributed by atoms with van der Waals surface area (Å²) < 4.78 is 0. The summed E-state index contributed by atoms with van der Waals surface area (Å²) in [6.07, 6.45) is 3.12. The molecule has 0 saturated carbocycles. The monoisotopic (exact) mass is 325 g/mol. The average Bonchev–Trinajstić information content (AvgIpc) is 3.13. The summed E-state index contributed by atoms with van der Waals surface area (Å²) in [5.41, 5.74) is 1.54. The average molecular weight is 326 g/mol. The predicted molar refractivity (Wildman–Crippen MR) is 86.6 cm³/mol. The first-order chi connectivity index (χ1) is 10.2. The molecule has 1 aromatic carbocycles. The van der Waals surface area contributed by atoms with Crippen molar-refractivity contribution in [1.29, 1.82) is 0 Å². The van der Waals surface area contributed by atoms with Crippen LogP contribution in [0.1, 0.15) is 24.8 Å². The molecule has 2 aliphatic heterocycles. The highest BCUT2D eigenvalue weighted by Crippen LogP contribution is 2.35. The molecule has 2 heterocycles. The van der Waals surface area contributed by atoms with Gasteiger partial charge < -0.3 is 10.2 Å². The van der Waals surface area contributed by atoms with E-state index in [9.17, 15) is 14.9 Å². The fourth-order valence-electron chi connectivity index (χ4n) is 3.27. The van der Waals surface area contributed by atoms with Crippen LogP contribution in [0.4, 0.5) is 11.4 Å². The van der Waals surface area contributed by atoms with E-state index in [1.165, 1.54) is 6.07 Å². The van der Waals surface area contributed by atoms with Gasteiger partial charge in [-0.3, -0.25) is 14.9 Å². The molecule has 3 rings (SSSR count). The number of nitro groups is 1. The van der Waals surface area contributed by atoms with Gasteiger partial charge in [-0.05, 0) is 44.3 Å². The number of amides is 1. The van der Waals surface area contributed by atoms with E-state index in [-0.39, 0.29) is 28.9 Å². The Bertz CT molecular complexity index is 573. The van der Waals surface area contributed by atoms with Crippen LogP contribution in [0.15, 0.2) is 18.2 Å². The summed E-state index contributed by atoms with van der Waals surface area (Å²) >= 11 is 0. The van der Waals surface area contributed by atoms with Gasteiger partial charge in [0.25, 0.3) is 5.69 Å². The Balaban J connectivity index is 0.00000176. The Labute approximate surface area is 135 Å². The van der Waals surface area contributed by atoms with Crippen LogP contribution in [0.2, 0.25) is 0 Å². The Hall–Kier alpha value is -1.66. The van der Waals surface area contributed by atoms with Crippen LogP contribution in [0, 0.1) is 16.0 Å². The summed E-state index contributed by atoms with van der Waals surface area (Å²) in [5, 5.41) is 14.3. The van der Waals surface area contributed by atoms with E-state index in [1.807, 2.05) is 6.07 Å². The number of benzene rings is 1. The molecule has 1 aromatic rings. The molecule has 2 aliphatic rings. The number of carbonyl (C=O) groups is 1. The number of hydrogen-bond donors (Lipinski definition) is 1. The lowest BCUT2D eigenvalue weighted by molar-refractivity contribution is -0.385. The second kappa shape index (κ2) is 7.07. The zero-order valence-corrected chi connectivity index (χ0v) is 13.1. The number of rotatable bonds is 4. The molecule has 0 spiro atoms. The lowest BCUT2D eigenvalue weighted by Crippen LogP contribution is -2.29. The number of halogens is 1. The van der Waals surface area contributed by atoms with Crippen molar-refractivity contribution < 1.29 is 9.72 Å². The normalized spacial score (nSPS) is 19.6. The van der Waals surface area contributed by atoms with Crippen molar-refractivity contribution in [3.8, 4) is 0 Å². The third-order valence-corrected chi connectivity index (χ3v) is 4.43. The minimum absolute atomic E-state index is 0. The molecule has 1 fully saturated rings. The second-order valence-electron chi connectivity index (χ2n) is 5.72. The summed E-state index contributed by atoms with van der Waals surface area (Å²) in [6, 6.07) is 4.98. The molecule has 0 radical (unpaired) electrons. The highest BCUT2D eigenvalue weighted by molar-refractivity contribution is 5.96. The maximum atomic E-state index is 12.4. The van der Waals surface area contributed by atoms with E-state index >= 15 is 0 Å². The number of anilines is 1. The molecule has 1 unspecified atom stereocenters. The molecule has 0 aliphatic carbocycles. The smallest absolute Gasteiger partial charge is 0.274 e. The zero-order chi connectivity index (χ0) is 14.8. The first-order valence-corrected chi connectivity index (χ1v) is 7.44. The van der Waals surface area contributed by atoms with E-state index in [1.54, 1.807) is 11.0 Å². The van der Waals surface area contributed by atoms with Gasteiger partial charge in [-0.1, -0.05) is 6.07 Å². The van der Waals surface area contributed by atoms with E-state index < -0.39 is 0 Å². The number of hydrogen-bond acceptors (Lipinski definition) is 4. The van der Waals surface area contributed by atoms with E-state index in [0.29, 0.717) is 30.9 Å². The predicted octanol–water partition coefficient (Wildman–Crippen LogP) is 2.30. The largest absolute Gasteiger partial charge is 0.316 e. The number of carbonyl (C=O) groups excluding carboxylic acids is 1. The van der Waals surface area contributed by atoms with Crippen LogP contribution >= 0.6 is 12.4 Å². The Kier molecular flexibility index (Phi) is 5.37. The first-order valence-electron chi connectivity index (χ1n) is 7.44. The molecule has 1 N–H and O–H groups in total. The minimum Gasteiger partial charge on any atom is -0.316 e. The fourth-order valence-corrected chi connectivity index (χ4v) is 3.27. The summed E-state index contributed by atoms with van der Waals surface area (Å²) in [5.74, 6) is 0.669. The molecule has 6 nitrogen and oxygen atoms in total. The standard InChI is InChI=1S/C15H19N3O3.ClH/c19-15(5-4-11-6-8-16-10-11)17-9-7-12-13(17)2-1-3-14(12)18(20)21;/h1-3,11,16H,4-10H2;1H. The Morgan fingerprint density at radius 1 is 1.45 bits per heavy atom. The molecular formula is C15H20ClN3O3. The van der Waals surface area contributed by atoms with Gasteiger partial charge in [-0.15, -0.1) is 12.4 Å². The summed E-state index contributed by atoms with van der Waals surface area (Å²) in [4.78, 5) is 24.8. The van der Waals surface area contributed by atoms with Crippen molar-refractivity contribution in [1.82, 2.24) is 5.32 Å². The topological polar surface area (TPSA) is 75.5 Å². The lowest BCUT2D eigenvalue weighted by atomic mass is 10.0. The maximum Gasteiger partial charge on any atom is 0.274 e. The van der Waals surface area contributed by atoms with Gasteiger partial charge in [0.2, 0.25) is 5.91 Å². The summed E-state index contributed by atoms with van der Waals surface area (Å²) in [7, 11) is 0. The lowest BCUT2D eigenvalue weighted by Gasteiger charge is -2.18. The van der Waals surface area contributed by atoms with Gasteiger partial charge in [0, 0.05) is 19.0 Å². The van der Waals surface area contributed by atoms with Gasteiger partial charge in [0.1, 0.15) is 0 Å². The van der Waals surface area contributed by atoms with Gasteiger partial charge in [-0.25, -0.2) is 0 Å². The minimum atomic E-state index is -0.364. The number of nitro benzene ring substituents is 1. The van der Waals surface area contributed by atoms with Crippen LogP contribution in [-0.2, 0) is 11.2 Å². The summed E-state index contributed by atoms with van der Waals surface area (Å²) in [6.45, 7) is 2.59.